The Hall–Kier alpha value is -0.860. The topological polar surface area (TPSA) is 28.7 Å². The molecule has 1 heterocycles. The van der Waals surface area contributed by atoms with Crippen LogP contribution in [0.3, 0.4) is 0 Å². The third kappa shape index (κ3) is 0.642. The van der Waals surface area contributed by atoms with Crippen LogP contribution in [0.2, 0.25) is 0 Å². The van der Waals surface area contributed by atoms with Gasteiger partial charge in [0.25, 0.3) is 0 Å². The molecule has 0 saturated heterocycles. The van der Waals surface area contributed by atoms with E-state index in [1.54, 1.807) is 12.3 Å². The van der Waals surface area contributed by atoms with Gasteiger partial charge in [0.2, 0.25) is 0 Å². The van der Waals surface area contributed by atoms with Crippen LogP contribution < -0.4 is 0 Å². The van der Waals surface area contributed by atoms with Crippen molar-refractivity contribution in [2.24, 2.45) is 0 Å². The molecular formula is C6H7FN2. The highest BCUT2D eigenvalue weighted by Gasteiger charge is 2.46. The number of alkyl halides is 1. The normalized spacial score (nSPS) is 21.9. The van der Waals surface area contributed by atoms with E-state index in [0.29, 0.717) is 18.5 Å². The molecule has 0 aliphatic heterocycles. The summed E-state index contributed by atoms with van der Waals surface area (Å²) in [5.41, 5.74) is -0.512. The zero-order chi connectivity index (χ0) is 6.32. The van der Waals surface area contributed by atoms with Crippen LogP contribution in [-0.2, 0) is 5.67 Å². The van der Waals surface area contributed by atoms with Gasteiger partial charge in [-0.05, 0) is 18.9 Å². The first-order valence-electron chi connectivity index (χ1n) is 3.00. The summed E-state index contributed by atoms with van der Waals surface area (Å²) in [6, 6.07) is 1.69. The molecule has 9 heavy (non-hydrogen) atoms. The van der Waals surface area contributed by atoms with Gasteiger partial charge in [0.1, 0.15) is 0 Å². The third-order valence-corrected chi connectivity index (χ3v) is 1.65. The molecule has 1 saturated carbocycles. The Morgan fingerprint density at radius 1 is 1.67 bits per heavy atom. The highest BCUT2D eigenvalue weighted by atomic mass is 19.1. The van der Waals surface area contributed by atoms with E-state index < -0.39 is 5.67 Å². The van der Waals surface area contributed by atoms with Crippen molar-refractivity contribution in [2.75, 3.05) is 0 Å². The van der Waals surface area contributed by atoms with Crippen molar-refractivity contribution >= 4 is 0 Å². The molecule has 1 fully saturated rings. The Balaban J connectivity index is 2.34. The molecule has 2 rings (SSSR count). The fourth-order valence-electron chi connectivity index (χ4n) is 0.876. The molecule has 3 heteroatoms. The van der Waals surface area contributed by atoms with Crippen LogP contribution in [0.25, 0.3) is 0 Å². The molecule has 2 nitrogen and oxygen atoms in total. The van der Waals surface area contributed by atoms with Gasteiger partial charge in [-0.25, -0.2) is 4.39 Å². The summed E-state index contributed by atoms with van der Waals surface area (Å²) in [5.74, 6) is 0. The van der Waals surface area contributed by atoms with Crippen molar-refractivity contribution in [3.05, 3.63) is 18.0 Å². The quantitative estimate of drug-likeness (QED) is 0.604. The Labute approximate surface area is 52.1 Å². The number of nitrogens with zero attached hydrogens (tertiary/aromatic N) is 1. The van der Waals surface area contributed by atoms with E-state index in [9.17, 15) is 4.39 Å². The van der Waals surface area contributed by atoms with Gasteiger partial charge in [0, 0.05) is 6.20 Å². The van der Waals surface area contributed by atoms with Gasteiger partial charge in [-0.15, -0.1) is 0 Å². The van der Waals surface area contributed by atoms with Crippen LogP contribution >= 0.6 is 0 Å². The van der Waals surface area contributed by atoms with Crippen LogP contribution in [0.4, 0.5) is 4.39 Å². The molecule has 0 unspecified atom stereocenters. The molecule has 0 bridgehead atoms. The minimum atomic E-state index is -1.07. The molecular weight excluding hydrogens is 119 g/mol. The summed E-state index contributed by atoms with van der Waals surface area (Å²) in [4.78, 5) is 0. The Morgan fingerprint density at radius 2 is 2.44 bits per heavy atom. The lowest BCUT2D eigenvalue weighted by Gasteiger charge is -1.94. The SMILES string of the molecule is FC1(c2cc[nH]n2)CC1. The zero-order valence-electron chi connectivity index (χ0n) is 4.89. The average Bonchev–Trinajstić information content (AvgIpc) is 2.46. The summed E-state index contributed by atoms with van der Waals surface area (Å²) < 4.78 is 13.0. The summed E-state index contributed by atoms with van der Waals surface area (Å²) in [5, 5.41) is 6.34. The maximum Gasteiger partial charge on any atom is 0.154 e. The number of H-pyrrole nitrogens is 1. The van der Waals surface area contributed by atoms with Gasteiger partial charge < -0.3 is 0 Å². The number of hydrogen-bond acceptors (Lipinski definition) is 1. The maximum atomic E-state index is 13.0. The highest BCUT2D eigenvalue weighted by molar-refractivity contribution is 5.17. The van der Waals surface area contributed by atoms with Crippen molar-refractivity contribution in [2.45, 2.75) is 18.5 Å². The zero-order valence-corrected chi connectivity index (χ0v) is 4.89. The monoisotopic (exact) mass is 126 g/mol. The van der Waals surface area contributed by atoms with Crippen molar-refractivity contribution in [1.82, 2.24) is 10.2 Å². The first kappa shape index (κ1) is 4.97. The first-order chi connectivity index (χ1) is 4.31. The summed E-state index contributed by atoms with van der Waals surface area (Å²) in [6.07, 6.45) is 2.92. The lowest BCUT2D eigenvalue weighted by molar-refractivity contribution is 0.309. The van der Waals surface area contributed by atoms with Crippen molar-refractivity contribution in [1.29, 1.82) is 0 Å². The lowest BCUT2D eigenvalue weighted by Crippen LogP contribution is -1.96. The average molecular weight is 126 g/mol. The lowest BCUT2D eigenvalue weighted by atomic mass is 10.3. The number of nitrogens with one attached hydrogen (secondary N) is 1. The minimum absolute atomic E-state index is 0.558. The number of aromatic nitrogens is 2. The van der Waals surface area contributed by atoms with Crippen molar-refractivity contribution in [3.63, 3.8) is 0 Å². The van der Waals surface area contributed by atoms with E-state index in [0.717, 1.165) is 0 Å². The Morgan fingerprint density at radius 3 is 2.89 bits per heavy atom. The molecule has 1 aromatic rings. The molecule has 48 valence electrons. The summed E-state index contributed by atoms with van der Waals surface area (Å²) in [6.45, 7) is 0. The minimum Gasteiger partial charge on any atom is -0.285 e. The van der Waals surface area contributed by atoms with Crippen LogP contribution in [0.15, 0.2) is 12.3 Å². The predicted octanol–water partition coefficient (Wildman–Crippen LogP) is 1.37. The highest BCUT2D eigenvalue weighted by Crippen LogP contribution is 2.48. The van der Waals surface area contributed by atoms with Gasteiger partial charge in [-0.2, -0.15) is 5.10 Å². The van der Waals surface area contributed by atoms with E-state index in [1.165, 1.54) is 0 Å². The fourth-order valence-corrected chi connectivity index (χ4v) is 0.876. The fraction of sp³-hybridized carbons (Fsp3) is 0.500. The molecule has 0 spiro atoms. The van der Waals surface area contributed by atoms with Gasteiger partial charge in [-0.1, -0.05) is 0 Å². The predicted molar refractivity (Wildman–Crippen MR) is 30.6 cm³/mol. The van der Waals surface area contributed by atoms with Gasteiger partial charge in [0.05, 0.1) is 5.69 Å². The maximum absolute atomic E-state index is 13.0. The summed E-state index contributed by atoms with van der Waals surface area (Å²) >= 11 is 0. The molecule has 0 aromatic carbocycles. The van der Waals surface area contributed by atoms with Crippen molar-refractivity contribution < 1.29 is 4.39 Å². The van der Waals surface area contributed by atoms with Crippen LogP contribution in [0.1, 0.15) is 18.5 Å². The Bertz CT molecular complexity index is 201. The van der Waals surface area contributed by atoms with Crippen LogP contribution in [-0.4, -0.2) is 10.2 Å². The molecule has 0 amide bonds. The largest absolute Gasteiger partial charge is 0.285 e. The second-order valence-corrected chi connectivity index (χ2v) is 2.42. The third-order valence-electron chi connectivity index (χ3n) is 1.65. The number of hydrogen-bond donors (Lipinski definition) is 1. The molecule has 1 N–H and O–H groups in total. The second-order valence-electron chi connectivity index (χ2n) is 2.42. The number of aromatic amines is 1. The first-order valence-corrected chi connectivity index (χ1v) is 3.00. The smallest absolute Gasteiger partial charge is 0.154 e. The summed E-state index contributed by atoms with van der Waals surface area (Å²) in [7, 11) is 0. The number of rotatable bonds is 1. The van der Waals surface area contributed by atoms with Gasteiger partial charge in [-0.3, -0.25) is 5.10 Å². The molecule has 1 aliphatic rings. The van der Waals surface area contributed by atoms with Crippen LogP contribution in [0, 0.1) is 0 Å². The standard InChI is InChI=1S/C6H7FN2/c7-6(2-3-6)5-1-4-8-9-5/h1,4H,2-3H2,(H,8,9). The number of halogens is 1. The molecule has 0 radical (unpaired) electrons. The van der Waals surface area contributed by atoms with Gasteiger partial charge in [0.15, 0.2) is 5.67 Å². The second kappa shape index (κ2) is 1.35. The van der Waals surface area contributed by atoms with Crippen molar-refractivity contribution in [3.8, 4) is 0 Å². The molecule has 0 atom stereocenters. The molecule has 1 aliphatic carbocycles. The van der Waals surface area contributed by atoms with Gasteiger partial charge >= 0.3 is 0 Å². The van der Waals surface area contributed by atoms with E-state index in [1.807, 2.05) is 0 Å². The van der Waals surface area contributed by atoms with E-state index >= 15 is 0 Å². The molecule has 1 aromatic heterocycles. The van der Waals surface area contributed by atoms with E-state index in [-0.39, 0.29) is 0 Å². The van der Waals surface area contributed by atoms with E-state index in [2.05, 4.69) is 10.2 Å². The van der Waals surface area contributed by atoms with Crippen LogP contribution in [0.5, 0.6) is 0 Å². The van der Waals surface area contributed by atoms with E-state index in [4.69, 9.17) is 0 Å². The Kier molecular flexibility index (Phi) is 0.743.